The predicted molar refractivity (Wildman–Crippen MR) is 67.7 cm³/mol. The molecule has 0 heterocycles. The highest BCUT2D eigenvalue weighted by atomic mass is 32.1. The number of carbonyl (C=O) groups excluding carboxylic acids is 1. The average Bonchev–Trinajstić information content (AvgIpc) is 2.15. The van der Waals surface area contributed by atoms with Gasteiger partial charge in [0.25, 0.3) is 0 Å². The highest BCUT2D eigenvalue weighted by molar-refractivity contribution is 7.80. The number of hydrogen-bond acceptors (Lipinski definition) is 2. The summed E-state index contributed by atoms with van der Waals surface area (Å²) in [5.41, 5.74) is 5.26. The van der Waals surface area contributed by atoms with Crippen LogP contribution in [0.3, 0.4) is 0 Å². The number of rotatable bonds is 7. The second-order valence-corrected chi connectivity index (χ2v) is 4.92. The van der Waals surface area contributed by atoms with E-state index < -0.39 is 0 Å². The first-order chi connectivity index (χ1) is 6.90. The topological polar surface area (TPSA) is 55.1 Å². The van der Waals surface area contributed by atoms with E-state index in [0.717, 1.165) is 19.3 Å². The van der Waals surface area contributed by atoms with Crippen LogP contribution in [0.15, 0.2) is 0 Å². The number of carbonyl (C=O) groups is 1. The monoisotopic (exact) mass is 230 g/mol. The Hall–Kier alpha value is -0.640. The smallest absolute Gasteiger partial charge is 0.220 e. The van der Waals surface area contributed by atoms with Crippen LogP contribution in [0.4, 0.5) is 0 Å². The zero-order valence-electron chi connectivity index (χ0n) is 9.93. The van der Waals surface area contributed by atoms with Crippen molar-refractivity contribution in [2.24, 2.45) is 11.1 Å². The Bertz CT molecular complexity index is 227. The van der Waals surface area contributed by atoms with Crippen molar-refractivity contribution >= 4 is 23.1 Å². The van der Waals surface area contributed by atoms with Crippen LogP contribution in [0.1, 0.15) is 46.5 Å². The summed E-state index contributed by atoms with van der Waals surface area (Å²) in [6.45, 7) is 6.50. The van der Waals surface area contributed by atoms with E-state index in [9.17, 15) is 4.79 Å². The standard InChI is InChI=1S/C11H22N2OS/c1-4-5-6-7-9(14)13-8-11(2,3)10(12)15/h4-8H2,1-3H3,(H2,12,15)(H,13,14). The van der Waals surface area contributed by atoms with Crippen LogP contribution >= 0.6 is 12.2 Å². The maximum atomic E-state index is 11.4. The molecule has 0 bridgehead atoms. The van der Waals surface area contributed by atoms with Crippen LogP contribution in [0.25, 0.3) is 0 Å². The molecule has 0 aromatic rings. The molecule has 3 nitrogen and oxygen atoms in total. The van der Waals surface area contributed by atoms with Gasteiger partial charge in [0.1, 0.15) is 0 Å². The summed E-state index contributed by atoms with van der Waals surface area (Å²) in [6, 6.07) is 0. The van der Waals surface area contributed by atoms with Crippen LogP contribution in [-0.4, -0.2) is 17.4 Å². The summed E-state index contributed by atoms with van der Waals surface area (Å²) in [5, 5.41) is 2.86. The van der Waals surface area contributed by atoms with Gasteiger partial charge >= 0.3 is 0 Å². The average molecular weight is 230 g/mol. The van der Waals surface area contributed by atoms with Gasteiger partial charge in [-0.2, -0.15) is 0 Å². The number of nitrogens with one attached hydrogen (secondary N) is 1. The lowest BCUT2D eigenvalue weighted by atomic mass is 9.93. The van der Waals surface area contributed by atoms with E-state index >= 15 is 0 Å². The minimum Gasteiger partial charge on any atom is -0.393 e. The van der Waals surface area contributed by atoms with E-state index in [0.29, 0.717) is 18.0 Å². The van der Waals surface area contributed by atoms with E-state index in [2.05, 4.69) is 12.2 Å². The fourth-order valence-electron chi connectivity index (χ4n) is 1.03. The first-order valence-electron chi connectivity index (χ1n) is 5.46. The van der Waals surface area contributed by atoms with E-state index in [1.165, 1.54) is 0 Å². The molecule has 4 heteroatoms. The predicted octanol–water partition coefficient (Wildman–Crippen LogP) is 2.00. The summed E-state index contributed by atoms with van der Waals surface area (Å²) >= 11 is 4.92. The van der Waals surface area contributed by atoms with Gasteiger partial charge in [0, 0.05) is 18.4 Å². The van der Waals surface area contributed by atoms with Crippen molar-refractivity contribution in [2.45, 2.75) is 46.5 Å². The number of unbranched alkanes of at least 4 members (excludes halogenated alkanes) is 2. The van der Waals surface area contributed by atoms with Gasteiger partial charge in [0.15, 0.2) is 0 Å². The van der Waals surface area contributed by atoms with E-state index in [1.807, 2.05) is 13.8 Å². The van der Waals surface area contributed by atoms with Crippen LogP contribution in [0.5, 0.6) is 0 Å². The van der Waals surface area contributed by atoms with E-state index in [-0.39, 0.29) is 11.3 Å². The van der Waals surface area contributed by atoms with Gasteiger partial charge in [-0.3, -0.25) is 4.79 Å². The van der Waals surface area contributed by atoms with Gasteiger partial charge in [-0.05, 0) is 6.42 Å². The molecular weight excluding hydrogens is 208 g/mol. The molecule has 0 aliphatic heterocycles. The second kappa shape index (κ2) is 6.77. The van der Waals surface area contributed by atoms with Gasteiger partial charge in [0.05, 0.1) is 4.99 Å². The maximum Gasteiger partial charge on any atom is 0.220 e. The molecule has 0 aliphatic carbocycles. The first-order valence-corrected chi connectivity index (χ1v) is 5.87. The van der Waals surface area contributed by atoms with Crippen LogP contribution in [0.2, 0.25) is 0 Å². The molecule has 0 atom stereocenters. The van der Waals surface area contributed by atoms with Crippen LogP contribution < -0.4 is 11.1 Å². The van der Waals surface area contributed by atoms with Crippen molar-refractivity contribution in [3.63, 3.8) is 0 Å². The Kier molecular flexibility index (Phi) is 6.48. The molecule has 15 heavy (non-hydrogen) atoms. The zero-order chi connectivity index (χ0) is 11.9. The minimum atomic E-state index is -0.296. The van der Waals surface area contributed by atoms with Gasteiger partial charge in [-0.1, -0.05) is 45.8 Å². The molecule has 0 spiro atoms. The van der Waals surface area contributed by atoms with Crippen molar-refractivity contribution in [3.8, 4) is 0 Å². The molecule has 3 N–H and O–H groups in total. The summed E-state index contributed by atoms with van der Waals surface area (Å²) in [5.74, 6) is 0.0905. The van der Waals surface area contributed by atoms with Gasteiger partial charge < -0.3 is 11.1 Å². The molecule has 88 valence electrons. The third kappa shape index (κ3) is 6.44. The molecule has 0 rings (SSSR count). The van der Waals surface area contributed by atoms with Gasteiger partial charge in [0.2, 0.25) is 5.91 Å². The lowest BCUT2D eigenvalue weighted by Crippen LogP contribution is -2.41. The third-order valence-electron chi connectivity index (χ3n) is 2.40. The Morgan fingerprint density at radius 3 is 2.47 bits per heavy atom. The quantitative estimate of drug-likeness (QED) is 0.519. The van der Waals surface area contributed by atoms with E-state index in [4.69, 9.17) is 18.0 Å². The van der Waals surface area contributed by atoms with Crippen molar-refractivity contribution in [1.82, 2.24) is 5.32 Å². The number of hydrogen-bond donors (Lipinski definition) is 2. The molecule has 0 unspecified atom stereocenters. The summed E-state index contributed by atoms with van der Waals surface area (Å²) in [4.78, 5) is 11.8. The largest absolute Gasteiger partial charge is 0.393 e. The van der Waals surface area contributed by atoms with Gasteiger partial charge in [-0.25, -0.2) is 0 Å². The minimum absolute atomic E-state index is 0.0905. The molecular formula is C11H22N2OS. The molecule has 0 fully saturated rings. The summed E-state index contributed by atoms with van der Waals surface area (Å²) < 4.78 is 0. The van der Waals surface area contributed by atoms with E-state index in [1.54, 1.807) is 0 Å². The highest BCUT2D eigenvalue weighted by Gasteiger charge is 2.21. The highest BCUT2D eigenvalue weighted by Crippen LogP contribution is 2.13. The lowest BCUT2D eigenvalue weighted by Gasteiger charge is -2.23. The summed E-state index contributed by atoms with van der Waals surface area (Å²) in [6.07, 6.45) is 3.79. The SMILES string of the molecule is CCCCCC(=O)NCC(C)(C)C(N)=S. The van der Waals surface area contributed by atoms with Crippen molar-refractivity contribution in [1.29, 1.82) is 0 Å². The fraction of sp³-hybridized carbons (Fsp3) is 0.818. The van der Waals surface area contributed by atoms with Crippen molar-refractivity contribution in [2.75, 3.05) is 6.54 Å². The first kappa shape index (κ1) is 14.4. The third-order valence-corrected chi connectivity index (χ3v) is 2.95. The number of thiocarbonyl (C=S) groups is 1. The second-order valence-electron chi connectivity index (χ2n) is 4.48. The Morgan fingerprint density at radius 1 is 1.40 bits per heavy atom. The van der Waals surface area contributed by atoms with Crippen LogP contribution in [0, 0.1) is 5.41 Å². The molecule has 0 radical (unpaired) electrons. The molecule has 0 aromatic heterocycles. The lowest BCUT2D eigenvalue weighted by molar-refractivity contribution is -0.121. The fourth-order valence-corrected chi connectivity index (χ4v) is 1.10. The van der Waals surface area contributed by atoms with Crippen molar-refractivity contribution < 1.29 is 4.79 Å². The summed E-state index contributed by atoms with van der Waals surface area (Å²) in [7, 11) is 0. The number of amides is 1. The number of nitrogens with two attached hydrogens (primary N) is 1. The van der Waals surface area contributed by atoms with Gasteiger partial charge in [-0.15, -0.1) is 0 Å². The van der Waals surface area contributed by atoms with Crippen LogP contribution in [-0.2, 0) is 4.79 Å². The molecule has 0 aromatic carbocycles. The Balaban J connectivity index is 3.75. The Morgan fingerprint density at radius 2 is 2.00 bits per heavy atom. The molecule has 0 saturated heterocycles. The molecule has 0 aliphatic rings. The molecule has 1 amide bonds. The normalized spacial score (nSPS) is 11.1. The Labute approximate surface area is 97.8 Å². The van der Waals surface area contributed by atoms with Crippen molar-refractivity contribution in [3.05, 3.63) is 0 Å². The zero-order valence-corrected chi connectivity index (χ0v) is 10.7. The maximum absolute atomic E-state index is 11.4. The molecule has 0 saturated carbocycles.